The first-order chi connectivity index (χ1) is 11.2. The van der Waals surface area contributed by atoms with Crippen LogP contribution in [0.25, 0.3) is 11.1 Å². The van der Waals surface area contributed by atoms with Gasteiger partial charge >= 0.3 is 0 Å². The van der Waals surface area contributed by atoms with Crippen LogP contribution in [-0.4, -0.2) is 21.8 Å². The van der Waals surface area contributed by atoms with Crippen molar-refractivity contribution in [2.24, 2.45) is 17.8 Å². The van der Waals surface area contributed by atoms with Gasteiger partial charge in [-0.1, -0.05) is 37.5 Å². The van der Waals surface area contributed by atoms with Crippen molar-refractivity contribution < 1.29 is 0 Å². The van der Waals surface area contributed by atoms with Crippen LogP contribution in [0.5, 0.6) is 0 Å². The molecule has 0 aliphatic heterocycles. The number of nitrogens with two attached hydrogens (primary N) is 1. The van der Waals surface area contributed by atoms with Gasteiger partial charge in [0.15, 0.2) is 5.96 Å². The van der Waals surface area contributed by atoms with Crippen LogP contribution in [-0.2, 0) is 13.6 Å². The third-order valence-electron chi connectivity index (χ3n) is 4.35. The van der Waals surface area contributed by atoms with Crippen LogP contribution in [0.15, 0.2) is 41.7 Å². The van der Waals surface area contributed by atoms with Gasteiger partial charge < -0.3 is 11.1 Å². The zero-order valence-corrected chi connectivity index (χ0v) is 16.4. The zero-order chi connectivity index (χ0) is 16.1. The molecule has 1 saturated carbocycles. The minimum atomic E-state index is 0. The first-order valence-electron chi connectivity index (χ1n) is 8.35. The van der Waals surface area contributed by atoms with E-state index in [0.29, 0.717) is 18.5 Å². The predicted octanol–water partition coefficient (Wildman–Crippen LogP) is 3.44. The Bertz CT molecular complexity index is 674. The van der Waals surface area contributed by atoms with E-state index in [1.54, 1.807) is 0 Å². The molecular formula is C18H26IN5. The molecule has 3 N–H and O–H groups in total. The quantitative estimate of drug-likeness (QED) is 0.436. The average molecular weight is 439 g/mol. The standard InChI is InChI=1S/C18H25N5.HI/c1-23-13-16(12-21-23)15-7-5-6-14(10-15)11-20-18(19)22-17-8-3-2-4-9-17;/h5-7,10,12-13,17H,2-4,8-9,11H2,1H3,(H3,19,20,22);1H. The molecule has 130 valence electrons. The Balaban J connectivity index is 0.00000208. The van der Waals surface area contributed by atoms with Gasteiger partial charge in [-0.25, -0.2) is 4.99 Å². The van der Waals surface area contributed by atoms with Gasteiger partial charge in [0, 0.05) is 24.8 Å². The van der Waals surface area contributed by atoms with Crippen molar-refractivity contribution in [3.05, 3.63) is 42.2 Å². The van der Waals surface area contributed by atoms with E-state index in [0.717, 1.165) is 16.7 Å². The van der Waals surface area contributed by atoms with E-state index >= 15 is 0 Å². The number of aliphatic imine (C=N–C) groups is 1. The highest BCUT2D eigenvalue weighted by atomic mass is 127. The van der Waals surface area contributed by atoms with Crippen molar-refractivity contribution in [3.8, 4) is 11.1 Å². The SMILES string of the molecule is Cn1cc(-c2cccc(CN=C(N)NC3CCCCC3)c2)cn1.I. The van der Waals surface area contributed by atoms with Crippen molar-refractivity contribution >= 4 is 29.9 Å². The van der Waals surface area contributed by atoms with Crippen molar-refractivity contribution in [2.45, 2.75) is 44.7 Å². The number of nitrogens with one attached hydrogen (secondary N) is 1. The van der Waals surface area contributed by atoms with Crippen LogP contribution in [0.4, 0.5) is 0 Å². The normalized spacial score (nSPS) is 15.8. The fraction of sp³-hybridized carbons (Fsp3) is 0.444. The Hall–Kier alpha value is -1.57. The number of aromatic nitrogens is 2. The largest absolute Gasteiger partial charge is 0.370 e. The third-order valence-corrected chi connectivity index (χ3v) is 4.35. The Labute approximate surface area is 160 Å². The van der Waals surface area contributed by atoms with E-state index in [-0.39, 0.29) is 24.0 Å². The number of rotatable bonds is 4. The molecule has 1 fully saturated rings. The van der Waals surface area contributed by atoms with Crippen LogP contribution >= 0.6 is 24.0 Å². The molecular weight excluding hydrogens is 413 g/mol. The summed E-state index contributed by atoms with van der Waals surface area (Å²) in [4.78, 5) is 4.49. The molecule has 0 saturated heterocycles. The predicted molar refractivity (Wildman–Crippen MR) is 109 cm³/mol. The zero-order valence-electron chi connectivity index (χ0n) is 14.1. The summed E-state index contributed by atoms with van der Waals surface area (Å²) in [5.74, 6) is 0.559. The molecule has 2 aromatic rings. The number of aryl methyl sites for hydroxylation is 1. The summed E-state index contributed by atoms with van der Waals surface area (Å²) in [6.45, 7) is 0.597. The smallest absolute Gasteiger partial charge is 0.189 e. The third kappa shape index (κ3) is 5.22. The average Bonchev–Trinajstić information content (AvgIpc) is 3.01. The second-order valence-corrected chi connectivity index (χ2v) is 6.28. The molecule has 0 amide bonds. The van der Waals surface area contributed by atoms with E-state index in [1.807, 2.05) is 24.1 Å². The number of nitrogens with zero attached hydrogens (tertiary/aromatic N) is 3. The Morgan fingerprint density at radius 1 is 1.29 bits per heavy atom. The van der Waals surface area contributed by atoms with Crippen LogP contribution < -0.4 is 11.1 Å². The summed E-state index contributed by atoms with van der Waals surface area (Å²) in [6.07, 6.45) is 10.2. The summed E-state index contributed by atoms with van der Waals surface area (Å²) in [7, 11) is 1.93. The molecule has 24 heavy (non-hydrogen) atoms. The molecule has 0 spiro atoms. The molecule has 1 aliphatic rings. The molecule has 3 rings (SSSR count). The minimum absolute atomic E-state index is 0. The first kappa shape index (κ1) is 18.8. The lowest BCUT2D eigenvalue weighted by atomic mass is 9.96. The van der Waals surface area contributed by atoms with Gasteiger partial charge in [-0.05, 0) is 30.0 Å². The number of halogens is 1. The van der Waals surface area contributed by atoms with E-state index in [4.69, 9.17) is 5.73 Å². The maximum Gasteiger partial charge on any atom is 0.189 e. The lowest BCUT2D eigenvalue weighted by molar-refractivity contribution is 0.412. The van der Waals surface area contributed by atoms with Crippen molar-refractivity contribution in [1.29, 1.82) is 0 Å². The van der Waals surface area contributed by atoms with Gasteiger partial charge in [0.2, 0.25) is 0 Å². The Morgan fingerprint density at radius 2 is 2.08 bits per heavy atom. The van der Waals surface area contributed by atoms with Gasteiger partial charge in [0.25, 0.3) is 0 Å². The van der Waals surface area contributed by atoms with Gasteiger partial charge in [0.05, 0.1) is 12.7 Å². The fourth-order valence-corrected chi connectivity index (χ4v) is 3.10. The summed E-state index contributed by atoms with van der Waals surface area (Å²) in [5, 5.41) is 7.57. The second-order valence-electron chi connectivity index (χ2n) is 6.28. The molecule has 1 aromatic carbocycles. The topological polar surface area (TPSA) is 68.2 Å². The first-order valence-corrected chi connectivity index (χ1v) is 8.35. The van der Waals surface area contributed by atoms with Gasteiger partial charge in [-0.15, -0.1) is 24.0 Å². The molecule has 0 bridgehead atoms. The highest BCUT2D eigenvalue weighted by Crippen LogP contribution is 2.20. The molecule has 6 heteroatoms. The minimum Gasteiger partial charge on any atom is -0.370 e. The highest BCUT2D eigenvalue weighted by molar-refractivity contribution is 14.0. The molecule has 0 radical (unpaired) electrons. The monoisotopic (exact) mass is 439 g/mol. The van der Waals surface area contributed by atoms with E-state index in [2.05, 4.69) is 39.7 Å². The van der Waals surface area contributed by atoms with Crippen LogP contribution in [0.1, 0.15) is 37.7 Å². The molecule has 1 aliphatic carbocycles. The van der Waals surface area contributed by atoms with Crippen molar-refractivity contribution in [1.82, 2.24) is 15.1 Å². The summed E-state index contributed by atoms with van der Waals surface area (Å²) >= 11 is 0. The van der Waals surface area contributed by atoms with Gasteiger partial charge in [-0.3, -0.25) is 4.68 Å². The van der Waals surface area contributed by atoms with E-state index in [1.165, 1.54) is 32.1 Å². The van der Waals surface area contributed by atoms with Crippen LogP contribution in [0.2, 0.25) is 0 Å². The number of hydrogen-bond acceptors (Lipinski definition) is 2. The van der Waals surface area contributed by atoms with Gasteiger partial charge in [-0.2, -0.15) is 5.10 Å². The van der Waals surface area contributed by atoms with E-state index < -0.39 is 0 Å². The van der Waals surface area contributed by atoms with Crippen LogP contribution in [0, 0.1) is 0 Å². The van der Waals surface area contributed by atoms with Crippen molar-refractivity contribution in [3.63, 3.8) is 0 Å². The molecule has 1 heterocycles. The maximum absolute atomic E-state index is 6.03. The summed E-state index contributed by atoms with van der Waals surface area (Å²) in [5.41, 5.74) is 9.46. The maximum atomic E-state index is 6.03. The molecule has 0 atom stereocenters. The number of guanidine groups is 1. The Morgan fingerprint density at radius 3 is 2.79 bits per heavy atom. The molecule has 5 nitrogen and oxygen atoms in total. The summed E-state index contributed by atoms with van der Waals surface area (Å²) in [6, 6.07) is 8.87. The van der Waals surface area contributed by atoms with Gasteiger partial charge in [0.1, 0.15) is 0 Å². The summed E-state index contributed by atoms with van der Waals surface area (Å²) < 4.78 is 1.81. The van der Waals surface area contributed by atoms with E-state index in [9.17, 15) is 0 Å². The van der Waals surface area contributed by atoms with Crippen molar-refractivity contribution in [2.75, 3.05) is 0 Å². The fourth-order valence-electron chi connectivity index (χ4n) is 3.10. The lowest BCUT2D eigenvalue weighted by Crippen LogP contribution is -2.41. The molecule has 1 aromatic heterocycles. The highest BCUT2D eigenvalue weighted by Gasteiger charge is 2.13. The lowest BCUT2D eigenvalue weighted by Gasteiger charge is -2.23. The molecule has 0 unspecified atom stereocenters. The second kappa shape index (κ2) is 9.05. The number of benzene rings is 1. The number of hydrogen-bond donors (Lipinski definition) is 2. The van der Waals surface area contributed by atoms with Crippen LogP contribution in [0.3, 0.4) is 0 Å². The Kier molecular flexibility index (Phi) is 7.08.